The number of aliphatic hydroxyl groups excluding tert-OH is 1. The molecule has 3 N–H and O–H groups in total. The van der Waals surface area contributed by atoms with Crippen LogP contribution in [0.15, 0.2) is 24.3 Å². The Bertz CT molecular complexity index is 869. The minimum Gasteiger partial charge on any atom is -0.497 e. The summed E-state index contributed by atoms with van der Waals surface area (Å²) in [4.78, 5) is 40.9. The fourth-order valence-electron chi connectivity index (χ4n) is 5.13. The van der Waals surface area contributed by atoms with Gasteiger partial charge in [-0.15, -0.1) is 11.8 Å². The summed E-state index contributed by atoms with van der Waals surface area (Å²) in [5.41, 5.74) is 0.591. The van der Waals surface area contributed by atoms with Gasteiger partial charge in [0.1, 0.15) is 11.8 Å². The fraction of sp³-hybridized carbons (Fsp3) is 0.550. The molecule has 4 rings (SSSR count). The lowest BCUT2D eigenvalue weighted by atomic mass is 9.70. The Morgan fingerprint density at radius 1 is 1.33 bits per heavy atom. The van der Waals surface area contributed by atoms with E-state index in [4.69, 9.17) is 4.74 Å². The highest BCUT2D eigenvalue weighted by molar-refractivity contribution is 9.09. The molecule has 0 aliphatic carbocycles. The molecule has 0 radical (unpaired) electrons. The van der Waals surface area contributed by atoms with E-state index < -0.39 is 22.6 Å². The minimum atomic E-state index is -0.769. The maximum absolute atomic E-state index is 13.4. The zero-order valence-corrected chi connectivity index (χ0v) is 19.0. The van der Waals surface area contributed by atoms with E-state index in [2.05, 4.69) is 26.6 Å². The molecule has 1 aromatic rings. The lowest BCUT2D eigenvalue weighted by molar-refractivity contribution is -0.139. The summed E-state index contributed by atoms with van der Waals surface area (Å²) in [6.45, 7) is -0.201. The molecule has 3 aliphatic rings. The summed E-state index contributed by atoms with van der Waals surface area (Å²) in [6, 6.07) is 6.19. The van der Waals surface area contributed by atoms with Gasteiger partial charge in [-0.25, -0.2) is 0 Å². The standard InChI is InChI=1S/C20H24BrN3O5S/c1-22-17(26)13-14-19(28)24(7-8-25)16(20(14)9-12(21)15(13)30-20)18(27)23-10-3-5-11(29-2)6-4-10/h3-6,12-16,25H,7-9H2,1-2H3,(H,22,26)(H,23,27)/t12?,13-,14-,15-,16?,20?/m0/s1. The SMILES string of the molecule is CNC(=O)[C@H]1[C@H]2C(=O)N(CCO)C(C(=O)Nc3ccc(OC)cc3)C23CC(Br)[C@@H]1S3. The van der Waals surface area contributed by atoms with Gasteiger partial charge in [0, 0.05) is 29.4 Å². The monoisotopic (exact) mass is 497 g/mol. The van der Waals surface area contributed by atoms with Crippen LogP contribution in [0.5, 0.6) is 5.75 Å². The number of ether oxygens (including phenoxy) is 1. The number of methoxy groups -OCH3 is 1. The normalized spacial score (nSPS) is 34.1. The van der Waals surface area contributed by atoms with E-state index in [0.29, 0.717) is 17.9 Å². The molecule has 3 amide bonds. The number of carbonyl (C=O) groups excluding carboxylic acids is 3. The van der Waals surface area contributed by atoms with Crippen LogP contribution in [-0.2, 0) is 14.4 Å². The second-order valence-corrected chi connectivity index (χ2v) is 10.5. The maximum Gasteiger partial charge on any atom is 0.248 e. The molecule has 3 unspecified atom stereocenters. The van der Waals surface area contributed by atoms with Crippen LogP contribution in [0.4, 0.5) is 5.69 Å². The van der Waals surface area contributed by atoms with Crippen LogP contribution in [0.1, 0.15) is 6.42 Å². The number of halogens is 1. The maximum atomic E-state index is 13.4. The average Bonchev–Trinajstić information content (AvgIpc) is 3.32. The average molecular weight is 498 g/mol. The number of aliphatic hydroxyl groups is 1. The summed E-state index contributed by atoms with van der Waals surface area (Å²) >= 11 is 5.24. The number of likely N-dealkylation sites (tertiary alicyclic amines) is 1. The van der Waals surface area contributed by atoms with E-state index in [9.17, 15) is 19.5 Å². The molecular weight excluding hydrogens is 474 g/mol. The molecule has 0 aromatic heterocycles. The van der Waals surface area contributed by atoms with Crippen molar-refractivity contribution in [1.82, 2.24) is 10.2 Å². The second-order valence-electron chi connectivity index (χ2n) is 7.75. The zero-order chi connectivity index (χ0) is 21.6. The van der Waals surface area contributed by atoms with Crippen LogP contribution in [-0.4, -0.2) is 75.9 Å². The molecule has 3 heterocycles. The highest BCUT2D eigenvalue weighted by Gasteiger charge is 2.75. The quantitative estimate of drug-likeness (QED) is 0.502. The number of alkyl halides is 1. The van der Waals surface area contributed by atoms with Gasteiger partial charge in [0.2, 0.25) is 17.7 Å². The molecule has 1 spiro atoms. The number of β-amino-alcohol motifs (C(OH)–C–C–N with tert-alkyl or cyclic N) is 1. The zero-order valence-electron chi connectivity index (χ0n) is 16.6. The van der Waals surface area contributed by atoms with E-state index in [1.165, 1.54) is 4.90 Å². The molecular formula is C20H24BrN3O5S. The minimum absolute atomic E-state index is 0.0270. The van der Waals surface area contributed by atoms with Crippen molar-refractivity contribution in [3.8, 4) is 5.75 Å². The van der Waals surface area contributed by atoms with Crippen molar-refractivity contribution >= 4 is 51.1 Å². The summed E-state index contributed by atoms with van der Waals surface area (Å²) in [6.07, 6.45) is 0.606. The van der Waals surface area contributed by atoms with Crippen molar-refractivity contribution in [2.75, 3.05) is 32.6 Å². The fourth-order valence-corrected chi connectivity index (χ4v) is 8.74. The highest BCUT2D eigenvalue weighted by Crippen LogP contribution is 2.67. The number of amides is 3. The van der Waals surface area contributed by atoms with Gasteiger partial charge in [-0.05, 0) is 30.7 Å². The van der Waals surface area contributed by atoms with Gasteiger partial charge in [-0.2, -0.15) is 0 Å². The first kappa shape index (κ1) is 21.5. The predicted molar refractivity (Wildman–Crippen MR) is 117 cm³/mol. The third kappa shape index (κ3) is 3.11. The van der Waals surface area contributed by atoms with Gasteiger partial charge in [0.05, 0.1) is 30.3 Å². The molecule has 6 atom stereocenters. The predicted octanol–water partition coefficient (Wildman–Crippen LogP) is 0.837. The van der Waals surface area contributed by atoms with E-state index in [1.807, 2.05) is 0 Å². The molecule has 0 saturated carbocycles. The number of carbonyl (C=O) groups is 3. The van der Waals surface area contributed by atoms with Crippen LogP contribution in [0, 0.1) is 11.8 Å². The smallest absolute Gasteiger partial charge is 0.248 e. The van der Waals surface area contributed by atoms with Crippen molar-refractivity contribution in [3.05, 3.63) is 24.3 Å². The third-order valence-corrected chi connectivity index (χ3v) is 9.50. The number of benzene rings is 1. The van der Waals surface area contributed by atoms with E-state index in [-0.39, 0.29) is 41.0 Å². The lowest BCUT2D eigenvalue weighted by Crippen LogP contribution is -2.53. The van der Waals surface area contributed by atoms with E-state index in [1.54, 1.807) is 50.2 Å². The van der Waals surface area contributed by atoms with Crippen molar-refractivity contribution in [3.63, 3.8) is 0 Å². The number of rotatable bonds is 6. The summed E-state index contributed by atoms with van der Waals surface area (Å²) in [5.74, 6) is -1.15. The Hall–Kier alpha value is -1.78. The van der Waals surface area contributed by atoms with Crippen LogP contribution in [0.3, 0.4) is 0 Å². The number of hydrogen-bond donors (Lipinski definition) is 3. The Kier molecular flexibility index (Phi) is 5.75. The van der Waals surface area contributed by atoms with Gasteiger partial charge in [-0.1, -0.05) is 15.9 Å². The van der Waals surface area contributed by atoms with Crippen molar-refractivity contribution in [2.45, 2.75) is 27.3 Å². The molecule has 1 aromatic carbocycles. The van der Waals surface area contributed by atoms with Crippen LogP contribution in [0.25, 0.3) is 0 Å². The summed E-state index contributed by atoms with van der Waals surface area (Å²) in [7, 11) is 3.13. The van der Waals surface area contributed by atoms with E-state index in [0.717, 1.165) is 0 Å². The molecule has 3 saturated heterocycles. The van der Waals surface area contributed by atoms with Gasteiger partial charge >= 0.3 is 0 Å². The molecule has 2 bridgehead atoms. The van der Waals surface area contributed by atoms with Gasteiger partial charge < -0.3 is 25.4 Å². The van der Waals surface area contributed by atoms with Crippen molar-refractivity contribution < 1.29 is 24.2 Å². The number of thioether (sulfide) groups is 1. The van der Waals surface area contributed by atoms with Crippen LogP contribution in [0.2, 0.25) is 0 Å². The van der Waals surface area contributed by atoms with Crippen LogP contribution < -0.4 is 15.4 Å². The number of nitrogens with zero attached hydrogens (tertiary/aromatic N) is 1. The Balaban J connectivity index is 1.69. The Morgan fingerprint density at radius 2 is 2.03 bits per heavy atom. The second kappa shape index (κ2) is 8.05. The first-order valence-corrected chi connectivity index (χ1v) is 11.6. The Morgan fingerprint density at radius 3 is 2.63 bits per heavy atom. The largest absolute Gasteiger partial charge is 0.497 e. The van der Waals surface area contributed by atoms with Gasteiger partial charge in [-0.3, -0.25) is 14.4 Å². The number of hydrogen-bond acceptors (Lipinski definition) is 6. The number of anilines is 1. The van der Waals surface area contributed by atoms with Gasteiger partial charge in [0.25, 0.3) is 0 Å². The topological polar surface area (TPSA) is 108 Å². The molecule has 8 nitrogen and oxygen atoms in total. The first-order valence-electron chi connectivity index (χ1n) is 9.77. The van der Waals surface area contributed by atoms with Crippen molar-refractivity contribution in [2.24, 2.45) is 11.8 Å². The lowest BCUT2D eigenvalue weighted by Gasteiger charge is -2.35. The highest BCUT2D eigenvalue weighted by atomic mass is 79.9. The Labute approximate surface area is 187 Å². The summed E-state index contributed by atoms with van der Waals surface area (Å²) in [5, 5.41) is 15.1. The molecule has 10 heteroatoms. The van der Waals surface area contributed by atoms with E-state index >= 15 is 0 Å². The number of fused-ring (bicyclic) bond motifs is 1. The number of nitrogens with one attached hydrogen (secondary N) is 2. The first-order chi connectivity index (χ1) is 14.4. The van der Waals surface area contributed by atoms with Crippen molar-refractivity contribution in [1.29, 1.82) is 0 Å². The summed E-state index contributed by atoms with van der Waals surface area (Å²) < 4.78 is 4.44. The molecule has 30 heavy (non-hydrogen) atoms. The van der Waals surface area contributed by atoms with Crippen LogP contribution >= 0.6 is 27.7 Å². The third-order valence-electron chi connectivity index (χ3n) is 6.29. The molecule has 3 fully saturated rings. The van der Waals surface area contributed by atoms with Gasteiger partial charge in [0.15, 0.2) is 0 Å². The molecule has 3 aliphatic heterocycles. The molecule has 162 valence electrons.